The molecule has 1 unspecified atom stereocenters. The number of nitrogens with zero attached hydrogens (tertiary/aromatic N) is 5. The van der Waals surface area contributed by atoms with Gasteiger partial charge in [0.05, 0.1) is 17.9 Å². The molecule has 4 heterocycles. The van der Waals surface area contributed by atoms with Gasteiger partial charge in [-0.15, -0.1) is 5.10 Å². The van der Waals surface area contributed by atoms with Gasteiger partial charge in [-0.1, -0.05) is 12.1 Å². The molecular formula is C24H23FN6O2. The fourth-order valence-corrected chi connectivity index (χ4v) is 4.39. The number of fused-ring (bicyclic) bond motifs is 1. The molecule has 4 aromatic rings. The highest BCUT2D eigenvalue weighted by Crippen LogP contribution is 2.35. The van der Waals surface area contributed by atoms with Gasteiger partial charge in [0.2, 0.25) is 0 Å². The van der Waals surface area contributed by atoms with Crippen LogP contribution < -0.4 is 15.8 Å². The van der Waals surface area contributed by atoms with E-state index in [1.807, 2.05) is 25.1 Å². The lowest BCUT2D eigenvalue weighted by atomic mass is 10.0. The molecule has 5 rings (SSSR count). The van der Waals surface area contributed by atoms with E-state index in [0.29, 0.717) is 18.8 Å². The summed E-state index contributed by atoms with van der Waals surface area (Å²) < 4.78 is 17.2. The fraction of sp³-hybridized carbons (Fsp3) is 0.250. The molecule has 168 valence electrons. The van der Waals surface area contributed by atoms with Crippen molar-refractivity contribution < 1.29 is 9.18 Å². The number of aryl methyl sites for hydroxylation is 2. The Hall–Kier alpha value is -4.01. The molecule has 1 fully saturated rings. The summed E-state index contributed by atoms with van der Waals surface area (Å²) in [5, 5.41) is 7.72. The Labute approximate surface area is 189 Å². The van der Waals surface area contributed by atoms with Gasteiger partial charge in [0.1, 0.15) is 17.2 Å². The molecule has 0 bridgehead atoms. The van der Waals surface area contributed by atoms with Gasteiger partial charge >= 0.3 is 0 Å². The molecule has 8 nitrogen and oxygen atoms in total. The Morgan fingerprint density at radius 1 is 1.18 bits per heavy atom. The number of carbonyl (C=O) groups excluding carboxylic acids is 1. The minimum Gasteiger partial charge on any atom is -0.347 e. The Bertz CT molecular complexity index is 1410. The molecule has 1 aliphatic rings. The van der Waals surface area contributed by atoms with E-state index in [1.165, 1.54) is 22.8 Å². The minimum absolute atomic E-state index is 0.0920. The maximum atomic E-state index is 14.0. The van der Waals surface area contributed by atoms with Gasteiger partial charge in [0.15, 0.2) is 5.65 Å². The molecule has 1 aromatic carbocycles. The molecule has 9 heteroatoms. The zero-order valence-corrected chi connectivity index (χ0v) is 18.3. The number of halogens is 1. The van der Waals surface area contributed by atoms with Gasteiger partial charge < -0.3 is 14.8 Å². The van der Waals surface area contributed by atoms with E-state index in [0.717, 1.165) is 16.9 Å². The highest BCUT2D eigenvalue weighted by Gasteiger charge is 2.35. The highest BCUT2D eigenvalue weighted by atomic mass is 19.1. The van der Waals surface area contributed by atoms with Gasteiger partial charge in [-0.3, -0.25) is 9.59 Å². The van der Waals surface area contributed by atoms with E-state index in [2.05, 4.69) is 15.2 Å². The molecule has 3 aromatic heterocycles. The molecule has 0 saturated carbocycles. The van der Waals surface area contributed by atoms with Gasteiger partial charge in [0, 0.05) is 25.8 Å². The van der Waals surface area contributed by atoms with Crippen LogP contribution in [0, 0.1) is 12.7 Å². The Morgan fingerprint density at radius 2 is 2.03 bits per heavy atom. The zero-order valence-electron chi connectivity index (χ0n) is 18.3. The summed E-state index contributed by atoms with van der Waals surface area (Å²) >= 11 is 0. The quantitative estimate of drug-likeness (QED) is 0.521. The molecule has 1 saturated heterocycles. The van der Waals surface area contributed by atoms with Crippen molar-refractivity contribution in [3.63, 3.8) is 0 Å². The third-order valence-electron chi connectivity index (χ3n) is 6.05. The van der Waals surface area contributed by atoms with Crippen LogP contribution >= 0.6 is 0 Å². The van der Waals surface area contributed by atoms with Crippen LogP contribution in [-0.4, -0.2) is 37.7 Å². The lowest BCUT2D eigenvalue weighted by molar-refractivity contribution is 0.0937. The van der Waals surface area contributed by atoms with Crippen LogP contribution in [0.5, 0.6) is 0 Å². The normalized spacial score (nSPS) is 18.1. The summed E-state index contributed by atoms with van der Waals surface area (Å²) in [5.74, 6) is -0.0401. The van der Waals surface area contributed by atoms with Gasteiger partial charge in [0.25, 0.3) is 11.5 Å². The number of imidazole rings is 1. The number of pyridine rings is 1. The molecular weight excluding hydrogens is 423 g/mol. The number of hydrogen-bond acceptors (Lipinski definition) is 5. The van der Waals surface area contributed by atoms with E-state index < -0.39 is 5.91 Å². The van der Waals surface area contributed by atoms with Crippen LogP contribution in [0.15, 0.2) is 65.7 Å². The lowest BCUT2D eigenvalue weighted by Gasteiger charge is -2.26. The number of carbonyl (C=O) groups is 1. The number of benzene rings is 1. The van der Waals surface area contributed by atoms with Crippen LogP contribution in [0.2, 0.25) is 0 Å². The second-order valence-electron chi connectivity index (χ2n) is 8.33. The molecule has 1 N–H and O–H groups in total. The topological polar surface area (TPSA) is 84.5 Å². The van der Waals surface area contributed by atoms with E-state index in [-0.39, 0.29) is 29.0 Å². The van der Waals surface area contributed by atoms with Crippen molar-refractivity contribution in [2.75, 3.05) is 11.4 Å². The first-order valence-corrected chi connectivity index (χ1v) is 10.7. The van der Waals surface area contributed by atoms with E-state index >= 15 is 0 Å². The smallest absolute Gasteiger partial charge is 0.263 e. The van der Waals surface area contributed by atoms with Crippen molar-refractivity contribution in [1.82, 2.24) is 24.5 Å². The zero-order chi connectivity index (χ0) is 23.1. The summed E-state index contributed by atoms with van der Waals surface area (Å²) in [7, 11) is 1.61. The monoisotopic (exact) mass is 446 g/mol. The Balaban J connectivity index is 1.48. The molecule has 2 atom stereocenters. The van der Waals surface area contributed by atoms with E-state index in [1.54, 1.807) is 36.1 Å². The first-order chi connectivity index (χ1) is 15.9. The first kappa shape index (κ1) is 20.9. The Kier molecular flexibility index (Phi) is 5.16. The number of rotatable bonds is 4. The summed E-state index contributed by atoms with van der Waals surface area (Å²) in [4.78, 5) is 31.6. The molecule has 0 aliphatic carbocycles. The SMILES string of the molecule is Cc1cnc2ccc(N3CC(NC(=O)c4cccn(C)c4=O)C[C@@H]3c3cccc(F)c3)nn12. The maximum absolute atomic E-state index is 14.0. The number of nitrogens with one attached hydrogen (secondary N) is 1. The van der Waals surface area contributed by atoms with Crippen LogP contribution in [0.1, 0.15) is 34.1 Å². The molecule has 1 amide bonds. The van der Waals surface area contributed by atoms with Crippen molar-refractivity contribution in [1.29, 1.82) is 0 Å². The minimum atomic E-state index is -0.421. The third-order valence-corrected chi connectivity index (χ3v) is 6.05. The maximum Gasteiger partial charge on any atom is 0.263 e. The third kappa shape index (κ3) is 3.86. The Morgan fingerprint density at radius 3 is 2.85 bits per heavy atom. The predicted molar refractivity (Wildman–Crippen MR) is 122 cm³/mol. The molecule has 0 spiro atoms. The molecule has 33 heavy (non-hydrogen) atoms. The highest BCUT2D eigenvalue weighted by molar-refractivity contribution is 5.94. The van der Waals surface area contributed by atoms with Crippen molar-refractivity contribution in [3.05, 3.63) is 93.9 Å². The largest absolute Gasteiger partial charge is 0.347 e. The average Bonchev–Trinajstić information content (AvgIpc) is 3.39. The summed E-state index contributed by atoms with van der Waals surface area (Å²) in [6.45, 7) is 2.39. The van der Waals surface area contributed by atoms with Crippen LogP contribution in [0.3, 0.4) is 0 Å². The number of aromatic nitrogens is 4. The van der Waals surface area contributed by atoms with Crippen LogP contribution in [-0.2, 0) is 7.05 Å². The molecule has 1 aliphatic heterocycles. The van der Waals surface area contributed by atoms with Gasteiger partial charge in [-0.2, -0.15) is 0 Å². The number of anilines is 1. The lowest BCUT2D eigenvalue weighted by Crippen LogP contribution is -2.40. The second-order valence-corrected chi connectivity index (χ2v) is 8.33. The fourth-order valence-electron chi connectivity index (χ4n) is 4.39. The average molecular weight is 446 g/mol. The van der Waals surface area contributed by atoms with Crippen molar-refractivity contribution in [3.8, 4) is 0 Å². The van der Waals surface area contributed by atoms with Crippen molar-refractivity contribution in [2.45, 2.75) is 25.4 Å². The standard InChI is InChI=1S/C24H23FN6O2/c1-15-13-26-21-8-9-22(28-31(15)21)30-14-18(12-20(30)16-5-3-6-17(25)11-16)27-23(32)19-7-4-10-29(2)24(19)33/h3-11,13,18,20H,12,14H2,1-2H3,(H,27,32)/t18?,20-/m1/s1. The van der Waals surface area contributed by atoms with E-state index in [4.69, 9.17) is 5.10 Å². The number of hydrogen-bond donors (Lipinski definition) is 1. The summed E-state index contributed by atoms with van der Waals surface area (Å²) in [5.41, 5.74) is 2.18. The summed E-state index contributed by atoms with van der Waals surface area (Å²) in [6.07, 6.45) is 3.91. The number of amides is 1. The summed E-state index contributed by atoms with van der Waals surface area (Å²) in [6, 6.07) is 13.0. The van der Waals surface area contributed by atoms with Crippen molar-refractivity contribution in [2.24, 2.45) is 7.05 Å². The second kappa shape index (κ2) is 8.16. The predicted octanol–water partition coefficient (Wildman–Crippen LogP) is 2.63. The van der Waals surface area contributed by atoms with Gasteiger partial charge in [-0.05, 0) is 55.3 Å². The van der Waals surface area contributed by atoms with Crippen LogP contribution in [0.25, 0.3) is 5.65 Å². The van der Waals surface area contributed by atoms with Crippen molar-refractivity contribution >= 4 is 17.4 Å². The first-order valence-electron chi connectivity index (χ1n) is 10.7. The van der Waals surface area contributed by atoms with E-state index in [9.17, 15) is 14.0 Å². The van der Waals surface area contributed by atoms with Gasteiger partial charge in [-0.25, -0.2) is 13.9 Å². The van der Waals surface area contributed by atoms with Crippen LogP contribution in [0.4, 0.5) is 10.2 Å². The molecule has 0 radical (unpaired) electrons.